The Morgan fingerprint density at radius 2 is 1.44 bits per heavy atom. The van der Waals surface area contributed by atoms with Crippen LogP contribution in [0.4, 0.5) is 0 Å². The molecule has 2 aromatic rings. The summed E-state index contributed by atoms with van der Waals surface area (Å²) < 4.78 is 10.5. The number of benzene rings is 2. The lowest BCUT2D eigenvalue weighted by Crippen LogP contribution is -2.47. The third-order valence-corrected chi connectivity index (χ3v) is 4.78. The average molecular weight is 502 g/mol. The molecule has 0 aromatic heterocycles. The minimum absolute atomic E-state index is 0.00706. The quantitative estimate of drug-likeness (QED) is 0.121. The zero-order valence-electron chi connectivity index (χ0n) is 19.1. The van der Waals surface area contributed by atoms with Crippen LogP contribution in [0.5, 0.6) is 11.5 Å². The molecule has 2 aromatic carbocycles. The Hall–Kier alpha value is -4.45. The second kappa shape index (κ2) is 14.1. The van der Waals surface area contributed by atoms with E-state index in [9.17, 15) is 24.0 Å². The number of hydrogen-bond donors (Lipinski definition) is 5. The Morgan fingerprint density at radius 3 is 2.03 bits per heavy atom. The summed E-state index contributed by atoms with van der Waals surface area (Å²) >= 11 is 0. The van der Waals surface area contributed by atoms with Gasteiger partial charge in [0.2, 0.25) is 11.7 Å². The van der Waals surface area contributed by atoms with E-state index in [2.05, 4.69) is 10.6 Å². The van der Waals surface area contributed by atoms with E-state index >= 15 is 0 Å². The lowest BCUT2D eigenvalue weighted by atomic mass is 10.0. The van der Waals surface area contributed by atoms with E-state index in [1.165, 1.54) is 24.3 Å². The molecule has 0 aliphatic heterocycles. The largest absolute Gasteiger partial charge is 0.492 e. The SMILES string of the molecule is O=C(O)C(=O)CCNC(Cc1ccc(OC(C(=O)O)C(=O)O)cc1)C(=O)NCCOc1ccccc1. The molecule has 0 aliphatic rings. The van der Waals surface area contributed by atoms with E-state index in [4.69, 9.17) is 24.8 Å². The number of para-hydroxylation sites is 1. The van der Waals surface area contributed by atoms with Crippen molar-refractivity contribution in [2.24, 2.45) is 0 Å². The molecular formula is C24H26N2O10. The maximum atomic E-state index is 12.7. The molecule has 2 rings (SSSR count). The van der Waals surface area contributed by atoms with Crippen molar-refractivity contribution in [2.75, 3.05) is 19.7 Å². The van der Waals surface area contributed by atoms with Crippen molar-refractivity contribution in [3.05, 3.63) is 60.2 Å². The average Bonchev–Trinajstić information content (AvgIpc) is 2.85. The molecule has 0 saturated carbocycles. The van der Waals surface area contributed by atoms with Crippen molar-refractivity contribution in [1.82, 2.24) is 10.6 Å². The molecule has 0 fully saturated rings. The molecule has 5 N–H and O–H groups in total. The van der Waals surface area contributed by atoms with Crippen molar-refractivity contribution in [3.8, 4) is 11.5 Å². The van der Waals surface area contributed by atoms with Crippen molar-refractivity contribution >= 4 is 29.6 Å². The minimum Gasteiger partial charge on any atom is -0.492 e. The van der Waals surface area contributed by atoms with Gasteiger partial charge in [0.15, 0.2) is 0 Å². The summed E-state index contributed by atoms with van der Waals surface area (Å²) in [5, 5.41) is 32.2. The third-order valence-electron chi connectivity index (χ3n) is 4.78. The highest BCUT2D eigenvalue weighted by atomic mass is 16.5. The van der Waals surface area contributed by atoms with Gasteiger partial charge in [-0.3, -0.25) is 9.59 Å². The monoisotopic (exact) mass is 502 g/mol. The molecule has 192 valence electrons. The number of ketones is 1. The van der Waals surface area contributed by atoms with Crippen molar-refractivity contribution in [3.63, 3.8) is 0 Å². The molecule has 1 atom stereocenters. The number of rotatable bonds is 16. The van der Waals surface area contributed by atoms with E-state index in [0.717, 1.165) is 0 Å². The fourth-order valence-corrected chi connectivity index (χ4v) is 2.99. The molecule has 0 spiro atoms. The van der Waals surface area contributed by atoms with Gasteiger partial charge in [-0.15, -0.1) is 0 Å². The van der Waals surface area contributed by atoms with Crippen LogP contribution in [0.2, 0.25) is 0 Å². The van der Waals surface area contributed by atoms with Crippen LogP contribution < -0.4 is 20.1 Å². The van der Waals surface area contributed by atoms with Crippen LogP contribution in [0.1, 0.15) is 12.0 Å². The van der Waals surface area contributed by atoms with Gasteiger partial charge < -0.3 is 35.4 Å². The van der Waals surface area contributed by atoms with E-state index in [1.807, 2.05) is 18.2 Å². The normalized spacial score (nSPS) is 11.4. The highest BCUT2D eigenvalue weighted by Crippen LogP contribution is 2.16. The first-order valence-electron chi connectivity index (χ1n) is 10.8. The highest BCUT2D eigenvalue weighted by molar-refractivity contribution is 6.32. The number of Topliss-reactive ketones (excluding diaryl/α,β-unsaturated/α-hetero) is 1. The van der Waals surface area contributed by atoms with Crippen molar-refractivity contribution in [1.29, 1.82) is 0 Å². The molecule has 12 nitrogen and oxygen atoms in total. The van der Waals surface area contributed by atoms with Crippen LogP contribution in [0.25, 0.3) is 0 Å². The van der Waals surface area contributed by atoms with Crippen molar-refractivity contribution < 1.29 is 48.8 Å². The van der Waals surface area contributed by atoms with Gasteiger partial charge in [0.1, 0.15) is 18.1 Å². The fraction of sp³-hybridized carbons (Fsp3) is 0.292. The highest BCUT2D eigenvalue weighted by Gasteiger charge is 2.28. The number of hydrogen-bond acceptors (Lipinski definition) is 8. The van der Waals surface area contributed by atoms with Gasteiger partial charge in [0, 0.05) is 13.0 Å². The molecule has 0 heterocycles. The number of carbonyl (C=O) groups excluding carboxylic acids is 2. The van der Waals surface area contributed by atoms with Crippen LogP contribution in [-0.2, 0) is 30.4 Å². The number of carboxylic acid groups (broad SMARTS) is 3. The second-order valence-corrected chi connectivity index (χ2v) is 7.46. The van der Waals surface area contributed by atoms with E-state index in [-0.39, 0.29) is 38.3 Å². The molecule has 1 unspecified atom stereocenters. The molecule has 0 radical (unpaired) electrons. The lowest BCUT2D eigenvalue weighted by molar-refractivity contribution is -0.159. The summed E-state index contributed by atoms with van der Waals surface area (Å²) in [6.07, 6.45) is -2.25. The maximum Gasteiger partial charge on any atom is 0.372 e. The summed E-state index contributed by atoms with van der Waals surface area (Å²) in [6, 6.07) is 14.0. The smallest absolute Gasteiger partial charge is 0.372 e. The number of amides is 1. The minimum atomic E-state index is -2.07. The van der Waals surface area contributed by atoms with Crippen LogP contribution in [0.3, 0.4) is 0 Å². The van der Waals surface area contributed by atoms with Gasteiger partial charge in [-0.05, 0) is 36.2 Å². The summed E-state index contributed by atoms with van der Waals surface area (Å²) in [7, 11) is 0. The first-order valence-corrected chi connectivity index (χ1v) is 10.8. The second-order valence-electron chi connectivity index (χ2n) is 7.46. The molecule has 12 heteroatoms. The number of carboxylic acids is 3. The van der Waals surface area contributed by atoms with E-state index in [1.54, 1.807) is 12.1 Å². The van der Waals surface area contributed by atoms with E-state index < -0.39 is 41.7 Å². The van der Waals surface area contributed by atoms with Gasteiger partial charge in [-0.1, -0.05) is 30.3 Å². The molecule has 0 saturated heterocycles. The topological polar surface area (TPSA) is 189 Å². The zero-order valence-corrected chi connectivity index (χ0v) is 19.1. The predicted molar refractivity (Wildman–Crippen MR) is 124 cm³/mol. The summed E-state index contributed by atoms with van der Waals surface area (Å²) in [5.74, 6) is -5.62. The maximum absolute atomic E-state index is 12.7. The first kappa shape index (κ1) is 27.8. The third kappa shape index (κ3) is 9.43. The summed E-state index contributed by atoms with van der Waals surface area (Å²) in [6.45, 7) is 0.350. The molecule has 0 bridgehead atoms. The summed E-state index contributed by atoms with van der Waals surface area (Å²) in [5.41, 5.74) is 0.613. The Bertz CT molecular complexity index is 1040. The van der Waals surface area contributed by atoms with Gasteiger partial charge in [0.25, 0.3) is 6.10 Å². The van der Waals surface area contributed by atoms with Gasteiger partial charge in [-0.2, -0.15) is 0 Å². The van der Waals surface area contributed by atoms with Gasteiger partial charge in [-0.25, -0.2) is 14.4 Å². The summed E-state index contributed by atoms with van der Waals surface area (Å²) in [4.78, 5) is 56.8. The van der Waals surface area contributed by atoms with Gasteiger partial charge in [0.05, 0.1) is 12.6 Å². The first-order chi connectivity index (χ1) is 17.2. The fourth-order valence-electron chi connectivity index (χ4n) is 2.99. The number of nitrogens with one attached hydrogen (secondary N) is 2. The lowest BCUT2D eigenvalue weighted by Gasteiger charge is -2.19. The molecule has 1 amide bonds. The Morgan fingerprint density at radius 1 is 0.806 bits per heavy atom. The molecular weight excluding hydrogens is 476 g/mol. The molecule has 36 heavy (non-hydrogen) atoms. The number of carbonyl (C=O) groups is 5. The van der Waals surface area contributed by atoms with Crippen LogP contribution in [0.15, 0.2) is 54.6 Å². The van der Waals surface area contributed by atoms with Crippen LogP contribution >= 0.6 is 0 Å². The van der Waals surface area contributed by atoms with Crippen LogP contribution in [-0.4, -0.2) is 76.8 Å². The standard InChI is InChI=1S/C24H26N2O10/c27-19(22(29)30)10-11-25-18(21(28)26-12-13-35-16-4-2-1-3-5-16)14-15-6-8-17(9-7-15)36-20(23(31)32)24(33)34/h1-9,18,20,25H,10-14H2,(H,26,28)(H,29,30)(H,31,32)(H,33,34). The van der Waals surface area contributed by atoms with Gasteiger partial charge >= 0.3 is 17.9 Å². The molecule has 0 aliphatic carbocycles. The Balaban J connectivity index is 1.98. The zero-order chi connectivity index (χ0) is 26.5. The Kier molecular flexibility index (Phi) is 10.9. The predicted octanol–water partition coefficient (Wildman–Crippen LogP) is 0.343. The Labute approximate surface area is 205 Å². The van der Waals surface area contributed by atoms with Crippen LogP contribution in [0, 0.1) is 0 Å². The number of ether oxygens (including phenoxy) is 2. The number of aliphatic carboxylic acids is 3. The van der Waals surface area contributed by atoms with Crippen molar-refractivity contribution in [2.45, 2.75) is 25.0 Å². The van der Waals surface area contributed by atoms with E-state index in [0.29, 0.717) is 11.3 Å².